The van der Waals surface area contributed by atoms with Gasteiger partial charge in [-0.1, -0.05) is 0 Å². The second kappa shape index (κ2) is 5.33. The molecule has 0 radical (unpaired) electrons. The lowest BCUT2D eigenvalue weighted by atomic mass is 10.2. The van der Waals surface area contributed by atoms with Crippen molar-refractivity contribution in [3.05, 3.63) is 11.9 Å². The molecule has 0 spiro atoms. The molecule has 19 heavy (non-hydrogen) atoms. The molecule has 0 amide bonds. The monoisotopic (exact) mass is 262 g/mol. The van der Waals surface area contributed by atoms with E-state index < -0.39 is 0 Å². The Morgan fingerprint density at radius 1 is 1.16 bits per heavy atom. The lowest BCUT2D eigenvalue weighted by molar-refractivity contribution is 0.266. The second-order valence-corrected chi connectivity index (χ2v) is 5.50. The zero-order chi connectivity index (χ0) is 13.2. The van der Waals surface area contributed by atoms with Crippen LogP contribution in [0.3, 0.4) is 0 Å². The number of aliphatic hydroxyl groups is 1. The average molecular weight is 262 g/mol. The third-order valence-electron chi connectivity index (χ3n) is 4.12. The quantitative estimate of drug-likeness (QED) is 0.891. The van der Waals surface area contributed by atoms with Gasteiger partial charge in [0, 0.05) is 25.7 Å². The fourth-order valence-corrected chi connectivity index (χ4v) is 3.12. The van der Waals surface area contributed by atoms with Crippen LogP contribution in [0, 0.1) is 6.92 Å². The molecule has 0 aliphatic carbocycles. The molecule has 3 heterocycles. The van der Waals surface area contributed by atoms with Crippen molar-refractivity contribution >= 4 is 11.6 Å². The summed E-state index contributed by atoms with van der Waals surface area (Å²) < 4.78 is 0. The smallest absolute Gasteiger partial charge is 0.134 e. The van der Waals surface area contributed by atoms with Crippen molar-refractivity contribution in [2.24, 2.45) is 0 Å². The zero-order valence-corrected chi connectivity index (χ0v) is 11.5. The van der Waals surface area contributed by atoms with Gasteiger partial charge in [-0.3, -0.25) is 0 Å². The maximum atomic E-state index is 9.45. The maximum Gasteiger partial charge on any atom is 0.134 e. The van der Waals surface area contributed by atoms with Crippen LogP contribution in [0.5, 0.6) is 0 Å². The number of rotatable bonds is 3. The number of anilines is 2. The molecule has 0 aromatic carbocycles. The van der Waals surface area contributed by atoms with Gasteiger partial charge in [-0.05, 0) is 32.6 Å². The van der Waals surface area contributed by atoms with Gasteiger partial charge >= 0.3 is 0 Å². The Hall–Kier alpha value is -1.36. The Morgan fingerprint density at radius 3 is 2.63 bits per heavy atom. The molecular weight excluding hydrogens is 240 g/mol. The maximum absolute atomic E-state index is 9.45. The zero-order valence-electron chi connectivity index (χ0n) is 11.5. The molecule has 2 aliphatic rings. The molecule has 0 saturated carbocycles. The van der Waals surface area contributed by atoms with Crippen LogP contribution in [-0.4, -0.2) is 47.4 Å². The third kappa shape index (κ3) is 2.52. The molecule has 1 N–H and O–H groups in total. The lowest BCUT2D eigenvalue weighted by Gasteiger charge is -2.26. The van der Waals surface area contributed by atoms with E-state index in [9.17, 15) is 5.11 Å². The van der Waals surface area contributed by atoms with E-state index in [-0.39, 0.29) is 12.6 Å². The van der Waals surface area contributed by atoms with Crippen molar-refractivity contribution in [1.29, 1.82) is 0 Å². The van der Waals surface area contributed by atoms with Gasteiger partial charge < -0.3 is 14.9 Å². The summed E-state index contributed by atoms with van der Waals surface area (Å²) in [4.78, 5) is 13.7. The normalized spacial score (nSPS) is 23.4. The molecule has 2 aliphatic heterocycles. The van der Waals surface area contributed by atoms with E-state index in [0.29, 0.717) is 0 Å². The second-order valence-electron chi connectivity index (χ2n) is 5.50. The summed E-state index contributed by atoms with van der Waals surface area (Å²) in [6.07, 6.45) is 4.69. The van der Waals surface area contributed by atoms with Crippen molar-refractivity contribution in [3.63, 3.8) is 0 Å². The highest BCUT2D eigenvalue weighted by molar-refractivity contribution is 5.52. The SMILES string of the molecule is Cc1nc(N2CCCC2)cc(N2CCCC2CO)n1. The first kappa shape index (κ1) is 12.7. The molecule has 0 bridgehead atoms. The number of hydrogen-bond acceptors (Lipinski definition) is 5. The summed E-state index contributed by atoms with van der Waals surface area (Å²) in [6, 6.07) is 2.31. The van der Waals surface area contributed by atoms with Gasteiger partial charge in [-0.2, -0.15) is 0 Å². The number of nitrogens with zero attached hydrogens (tertiary/aromatic N) is 4. The minimum Gasteiger partial charge on any atom is -0.394 e. The molecule has 3 rings (SSSR count). The Morgan fingerprint density at radius 2 is 1.89 bits per heavy atom. The van der Waals surface area contributed by atoms with Crippen molar-refractivity contribution in [3.8, 4) is 0 Å². The Bertz CT molecular complexity index is 445. The summed E-state index contributed by atoms with van der Waals surface area (Å²) >= 11 is 0. The molecular formula is C14H22N4O. The predicted octanol–water partition coefficient (Wildman–Crippen LogP) is 1.35. The van der Waals surface area contributed by atoms with Crippen molar-refractivity contribution in [1.82, 2.24) is 9.97 Å². The Balaban J connectivity index is 1.88. The minimum atomic E-state index is 0.210. The molecule has 1 aromatic rings. The van der Waals surface area contributed by atoms with E-state index in [4.69, 9.17) is 0 Å². The van der Waals surface area contributed by atoms with Crippen LogP contribution in [0.4, 0.5) is 11.6 Å². The highest BCUT2D eigenvalue weighted by Gasteiger charge is 2.26. The fourth-order valence-electron chi connectivity index (χ4n) is 3.12. The van der Waals surface area contributed by atoms with E-state index >= 15 is 0 Å². The average Bonchev–Trinajstić information content (AvgIpc) is 3.09. The van der Waals surface area contributed by atoms with E-state index in [2.05, 4.69) is 25.8 Å². The number of aliphatic hydroxyl groups excluding tert-OH is 1. The summed E-state index contributed by atoms with van der Waals surface area (Å²) in [7, 11) is 0. The Kier molecular flexibility index (Phi) is 3.55. The van der Waals surface area contributed by atoms with E-state index in [1.54, 1.807) is 0 Å². The molecule has 1 aromatic heterocycles. The molecule has 104 valence electrons. The molecule has 5 heteroatoms. The standard InChI is InChI=1S/C14H22N4O/c1-11-15-13(17-6-2-3-7-17)9-14(16-11)18-8-4-5-12(18)10-19/h9,12,19H,2-8,10H2,1H3. The van der Waals surface area contributed by atoms with Gasteiger partial charge in [-0.25, -0.2) is 9.97 Å². The first-order valence-electron chi connectivity index (χ1n) is 7.26. The largest absolute Gasteiger partial charge is 0.394 e. The van der Waals surface area contributed by atoms with Crippen molar-refractivity contribution in [2.75, 3.05) is 36.0 Å². The van der Waals surface area contributed by atoms with Crippen LogP contribution in [0.2, 0.25) is 0 Å². The van der Waals surface area contributed by atoms with Gasteiger partial charge in [0.1, 0.15) is 17.5 Å². The molecule has 5 nitrogen and oxygen atoms in total. The Labute approximate surface area is 114 Å². The van der Waals surface area contributed by atoms with E-state index in [1.807, 2.05) is 6.92 Å². The summed E-state index contributed by atoms with van der Waals surface area (Å²) in [5, 5.41) is 9.45. The van der Waals surface area contributed by atoms with E-state index in [0.717, 1.165) is 49.9 Å². The van der Waals surface area contributed by atoms with Gasteiger partial charge in [0.25, 0.3) is 0 Å². The van der Waals surface area contributed by atoms with Crippen LogP contribution in [0.25, 0.3) is 0 Å². The predicted molar refractivity (Wildman–Crippen MR) is 75.7 cm³/mol. The minimum absolute atomic E-state index is 0.210. The third-order valence-corrected chi connectivity index (χ3v) is 4.12. The van der Waals surface area contributed by atoms with Crippen LogP contribution >= 0.6 is 0 Å². The van der Waals surface area contributed by atoms with Crippen molar-refractivity contribution < 1.29 is 5.11 Å². The molecule has 2 saturated heterocycles. The number of hydrogen-bond donors (Lipinski definition) is 1. The molecule has 1 unspecified atom stereocenters. The van der Waals surface area contributed by atoms with Crippen molar-refractivity contribution in [2.45, 2.75) is 38.6 Å². The van der Waals surface area contributed by atoms with Gasteiger partial charge in [-0.15, -0.1) is 0 Å². The number of aryl methyl sites for hydroxylation is 1. The molecule has 1 atom stereocenters. The topological polar surface area (TPSA) is 52.5 Å². The highest BCUT2D eigenvalue weighted by atomic mass is 16.3. The van der Waals surface area contributed by atoms with Gasteiger partial charge in [0.2, 0.25) is 0 Å². The summed E-state index contributed by atoms with van der Waals surface area (Å²) in [5.41, 5.74) is 0. The first-order valence-corrected chi connectivity index (χ1v) is 7.26. The lowest BCUT2D eigenvalue weighted by Crippen LogP contribution is -2.33. The fraction of sp³-hybridized carbons (Fsp3) is 0.714. The first-order chi connectivity index (χ1) is 9.28. The van der Waals surface area contributed by atoms with Gasteiger partial charge in [0.05, 0.1) is 12.6 Å². The van der Waals surface area contributed by atoms with Gasteiger partial charge in [0.15, 0.2) is 0 Å². The van der Waals surface area contributed by atoms with Crippen LogP contribution in [0.1, 0.15) is 31.5 Å². The van der Waals surface area contributed by atoms with E-state index in [1.165, 1.54) is 12.8 Å². The van der Waals surface area contributed by atoms with Crippen LogP contribution in [-0.2, 0) is 0 Å². The summed E-state index contributed by atoms with van der Waals surface area (Å²) in [5.74, 6) is 2.84. The van der Waals surface area contributed by atoms with Crippen LogP contribution < -0.4 is 9.80 Å². The highest BCUT2D eigenvalue weighted by Crippen LogP contribution is 2.27. The number of aromatic nitrogens is 2. The molecule has 2 fully saturated rings. The van der Waals surface area contributed by atoms with Crippen LogP contribution in [0.15, 0.2) is 6.07 Å². The summed E-state index contributed by atoms with van der Waals surface area (Å²) in [6.45, 7) is 5.34.